The van der Waals surface area contributed by atoms with E-state index in [4.69, 9.17) is 0 Å². The smallest absolute Gasteiger partial charge is 0.190 e. The van der Waals surface area contributed by atoms with Gasteiger partial charge in [-0.25, -0.2) is 8.42 Å². The quantitative estimate of drug-likeness (QED) is 0.769. The number of hydrogen-bond donors (Lipinski definition) is 0. The summed E-state index contributed by atoms with van der Waals surface area (Å²) in [6.07, 6.45) is 1.16. The largest absolute Gasteiger partial charge is 0.289 e. The lowest BCUT2D eigenvalue weighted by Crippen LogP contribution is -1.95. The second-order valence-corrected chi connectivity index (χ2v) is 5.64. The van der Waals surface area contributed by atoms with Crippen molar-refractivity contribution in [2.24, 2.45) is 0 Å². The van der Waals surface area contributed by atoms with Crippen molar-refractivity contribution in [1.29, 1.82) is 0 Å². The summed E-state index contributed by atoms with van der Waals surface area (Å²) in [4.78, 5) is 11.4. The summed E-state index contributed by atoms with van der Waals surface area (Å²) in [6, 6.07) is 6.38. The van der Waals surface area contributed by atoms with E-state index in [1.165, 1.54) is 12.1 Å². The maximum atomic E-state index is 11.2. The second-order valence-electron chi connectivity index (χ2n) is 3.63. The highest BCUT2D eigenvalue weighted by atomic mass is 32.2. The first kappa shape index (κ1) is 10.1. The van der Waals surface area contributed by atoms with Gasteiger partial charge >= 0.3 is 0 Å². The molecule has 0 saturated heterocycles. The van der Waals surface area contributed by atoms with Gasteiger partial charge in [-0.05, 0) is 24.6 Å². The van der Waals surface area contributed by atoms with Crippen molar-refractivity contribution >= 4 is 9.84 Å². The van der Waals surface area contributed by atoms with Gasteiger partial charge in [0.1, 0.15) is 0 Å². The molecule has 78 valence electrons. The van der Waals surface area contributed by atoms with E-state index < -0.39 is 9.84 Å². The average Bonchev–Trinajstić information content (AvgIpc) is 2.74. The molecule has 0 radical (unpaired) electrons. The monoisotopic (exact) mass is 222 g/mol. The Hall–Kier alpha value is -1.42. The van der Waals surface area contributed by atoms with Gasteiger partial charge in [-0.15, -0.1) is 0 Å². The Morgan fingerprint density at radius 1 is 1.07 bits per heavy atom. The van der Waals surface area contributed by atoms with Crippen molar-refractivity contribution in [2.75, 3.05) is 6.26 Å². The number of hydrogen-bond acceptors (Lipinski definition) is 3. The van der Waals surface area contributed by atoms with Crippen LogP contribution in [0, 0.1) is 6.92 Å². The normalized spacial score (nSPS) is 12.1. The lowest BCUT2D eigenvalue weighted by atomic mass is 10.2. The molecule has 0 saturated carbocycles. The van der Waals surface area contributed by atoms with Crippen LogP contribution in [0.1, 0.15) is 5.56 Å². The van der Waals surface area contributed by atoms with E-state index in [0.29, 0.717) is 0 Å². The van der Waals surface area contributed by atoms with Gasteiger partial charge in [0.15, 0.2) is 15.3 Å². The van der Waals surface area contributed by atoms with Crippen LogP contribution in [-0.4, -0.2) is 14.7 Å². The molecule has 0 aromatic heterocycles. The fraction of sp³-hybridized carbons (Fsp3) is 0.182. The number of sulfone groups is 1. The van der Waals surface area contributed by atoms with Crippen LogP contribution in [0.2, 0.25) is 0 Å². The molecule has 0 spiro atoms. The molecule has 0 heterocycles. The highest BCUT2D eigenvalue weighted by molar-refractivity contribution is 7.90. The van der Waals surface area contributed by atoms with Crippen molar-refractivity contribution in [3.8, 4) is 11.1 Å². The Balaban J connectivity index is 2.42. The van der Waals surface area contributed by atoms with Crippen molar-refractivity contribution in [3.63, 3.8) is 0 Å². The molecular weight excluding hydrogens is 212 g/mol. The topological polar surface area (TPSA) is 51.2 Å². The molecule has 0 atom stereocenters. The van der Waals surface area contributed by atoms with Gasteiger partial charge < -0.3 is 0 Å². The molecule has 2 aromatic carbocycles. The minimum Gasteiger partial charge on any atom is -0.289 e. The highest BCUT2D eigenvalue weighted by Gasteiger charge is 2.19. The van der Waals surface area contributed by atoms with Crippen LogP contribution in [-0.2, 0) is 9.84 Å². The molecule has 15 heavy (non-hydrogen) atoms. The number of rotatable bonds is 2. The molecule has 0 bridgehead atoms. The third-order valence-electron chi connectivity index (χ3n) is 2.45. The summed E-state index contributed by atoms with van der Waals surface area (Å²) in [5.41, 5.74) is 2.35. The van der Waals surface area contributed by atoms with Gasteiger partial charge in [0.05, 0.1) is 4.90 Å². The first-order valence-electron chi connectivity index (χ1n) is 4.47. The summed E-state index contributed by atoms with van der Waals surface area (Å²) in [5.74, 6) is 0. The van der Waals surface area contributed by atoms with Crippen molar-refractivity contribution < 1.29 is 8.42 Å². The van der Waals surface area contributed by atoms with Gasteiger partial charge in [-0.3, -0.25) is 4.79 Å². The summed E-state index contributed by atoms with van der Waals surface area (Å²) >= 11 is 0. The molecule has 0 N–H and O–H groups in total. The Morgan fingerprint density at radius 3 is 1.87 bits per heavy atom. The summed E-state index contributed by atoms with van der Waals surface area (Å²) in [6.45, 7) is 1.77. The van der Waals surface area contributed by atoms with Gasteiger partial charge in [-0.1, -0.05) is 12.1 Å². The summed E-state index contributed by atoms with van der Waals surface area (Å²) in [7, 11) is -3.15. The van der Waals surface area contributed by atoms with E-state index in [1.54, 1.807) is 19.1 Å². The fourth-order valence-electron chi connectivity index (χ4n) is 1.47. The van der Waals surface area contributed by atoms with E-state index in [0.717, 1.165) is 22.9 Å². The molecule has 0 aliphatic heterocycles. The van der Waals surface area contributed by atoms with Gasteiger partial charge in [0.2, 0.25) is 0 Å². The van der Waals surface area contributed by atoms with Crippen LogP contribution in [0.4, 0.5) is 0 Å². The molecule has 0 amide bonds. The summed E-state index contributed by atoms with van der Waals surface area (Å²) in [5, 5.41) is 0. The number of benzene rings is 1. The molecule has 4 heteroatoms. The van der Waals surface area contributed by atoms with Crippen LogP contribution < -0.4 is 5.43 Å². The first-order valence-corrected chi connectivity index (χ1v) is 6.36. The van der Waals surface area contributed by atoms with Crippen LogP contribution in [0.25, 0.3) is 11.1 Å². The third kappa shape index (κ3) is 1.72. The maximum absolute atomic E-state index is 11.2. The zero-order valence-electron chi connectivity index (χ0n) is 8.44. The van der Waals surface area contributed by atoms with E-state index in [9.17, 15) is 13.2 Å². The predicted octanol–water partition coefficient (Wildman–Crippen LogP) is 1.30. The van der Waals surface area contributed by atoms with Crippen LogP contribution in [0.15, 0.2) is 34.0 Å². The lowest BCUT2D eigenvalue weighted by molar-refractivity contribution is 0.602. The summed E-state index contributed by atoms with van der Waals surface area (Å²) < 4.78 is 22.4. The first-order chi connectivity index (χ1) is 6.91. The van der Waals surface area contributed by atoms with E-state index in [1.807, 2.05) is 0 Å². The van der Waals surface area contributed by atoms with Gasteiger partial charge in [-0.2, -0.15) is 0 Å². The molecule has 0 unspecified atom stereocenters. The van der Waals surface area contributed by atoms with Crippen LogP contribution in [0.3, 0.4) is 0 Å². The van der Waals surface area contributed by atoms with Gasteiger partial charge in [0, 0.05) is 17.4 Å². The van der Waals surface area contributed by atoms with Crippen molar-refractivity contribution in [1.82, 2.24) is 0 Å². The Morgan fingerprint density at radius 2 is 1.53 bits per heavy atom. The maximum Gasteiger partial charge on any atom is 0.190 e. The highest BCUT2D eigenvalue weighted by Crippen LogP contribution is 2.25. The van der Waals surface area contributed by atoms with Gasteiger partial charge in [0.25, 0.3) is 0 Å². The zero-order valence-corrected chi connectivity index (χ0v) is 9.26. The SMILES string of the molecule is Cc1c(-c2ccc(S(C)(=O)=O)cc2)c1=O. The van der Waals surface area contributed by atoms with Crippen molar-refractivity contribution in [2.45, 2.75) is 11.8 Å². The lowest BCUT2D eigenvalue weighted by Gasteiger charge is -1.98. The Bertz CT molecular complexity index is 611. The molecule has 2 rings (SSSR count). The minimum absolute atomic E-state index is 0.0714. The second kappa shape index (κ2) is 3.03. The van der Waals surface area contributed by atoms with E-state index in [2.05, 4.69) is 0 Å². The van der Waals surface area contributed by atoms with E-state index in [-0.39, 0.29) is 10.3 Å². The van der Waals surface area contributed by atoms with Crippen LogP contribution >= 0.6 is 0 Å². The fourth-order valence-corrected chi connectivity index (χ4v) is 2.11. The minimum atomic E-state index is -3.15. The molecule has 0 aliphatic carbocycles. The Kier molecular flexibility index (Phi) is 2.04. The third-order valence-corrected chi connectivity index (χ3v) is 3.58. The molecule has 0 fully saturated rings. The molecule has 3 nitrogen and oxygen atoms in total. The Labute approximate surface area is 88.0 Å². The standard InChI is InChI=1S/C11H10O3S/c1-7-10(11(7)12)8-3-5-9(6-4-8)15(2,13)14/h3-6H,1-2H3. The molecule has 0 aliphatic rings. The zero-order chi connectivity index (χ0) is 11.2. The molecule has 2 aromatic rings. The van der Waals surface area contributed by atoms with Crippen molar-refractivity contribution in [3.05, 3.63) is 40.1 Å². The average molecular weight is 222 g/mol. The van der Waals surface area contributed by atoms with E-state index >= 15 is 0 Å². The predicted molar refractivity (Wildman–Crippen MR) is 58.4 cm³/mol. The molecular formula is C11H10O3S. The van der Waals surface area contributed by atoms with Crippen LogP contribution in [0.5, 0.6) is 0 Å².